The van der Waals surface area contributed by atoms with Crippen molar-refractivity contribution in [1.82, 2.24) is 19.9 Å². The number of pyridine rings is 4. The van der Waals surface area contributed by atoms with Gasteiger partial charge in [0.25, 0.3) is 16.7 Å². The average Bonchev–Trinajstić information content (AvgIpc) is 2.98. The minimum Gasteiger partial charge on any atom is -0.477 e. The van der Waals surface area contributed by atoms with Gasteiger partial charge in [-0.1, -0.05) is 38.6 Å². The quantitative estimate of drug-likeness (QED) is 0.200. The van der Waals surface area contributed by atoms with Crippen molar-refractivity contribution in [2.75, 3.05) is 0 Å². The maximum atomic E-state index is 11.0. The van der Waals surface area contributed by atoms with Crippen LogP contribution in [0.1, 0.15) is 58.0 Å². The lowest BCUT2D eigenvalue weighted by atomic mass is 10.2. The van der Waals surface area contributed by atoms with Crippen molar-refractivity contribution in [1.29, 1.82) is 0 Å². The van der Waals surface area contributed by atoms with Gasteiger partial charge in [-0.15, -0.1) is 0 Å². The van der Waals surface area contributed by atoms with Crippen molar-refractivity contribution in [3.63, 3.8) is 0 Å². The number of hydrogen-bond donors (Lipinski definition) is 6. The first kappa shape index (κ1) is 34.7. The van der Waals surface area contributed by atoms with Crippen LogP contribution in [-0.2, 0) is 19.4 Å². The van der Waals surface area contributed by atoms with Crippen LogP contribution in [0.4, 0.5) is 5.82 Å². The van der Waals surface area contributed by atoms with Gasteiger partial charge in [-0.2, -0.15) is 0 Å². The summed E-state index contributed by atoms with van der Waals surface area (Å²) in [4.78, 5) is 67.4. The van der Waals surface area contributed by atoms with Gasteiger partial charge in [0.1, 0.15) is 5.56 Å². The van der Waals surface area contributed by atoms with E-state index in [1.54, 1.807) is 45.0 Å². The van der Waals surface area contributed by atoms with Crippen molar-refractivity contribution in [2.24, 2.45) is 5.73 Å². The Morgan fingerprint density at radius 1 is 0.690 bits per heavy atom. The standard InChI is InChI=1S/C8H9NO3.C8H11NO.C7H6N2O.C7H10N2O/c1-2-5-3-4-6(8(11)12)7(10)9-5;1-3-7-5-4-6(2)8(10)9-7;1-5-3-4-6(8-2)9-7(5)10;1-5-2-3-6(4-8)9-7(5)10/h3-4H,2H2,1H3,(H,9,10)(H,11,12);4-5H,3H2,1-2H3,(H,9,10);3-4H,1H3,(H,9,10);2-3H,4,8H2,1H3,(H,9,10). The van der Waals surface area contributed by atoms with Crippen molar-refractivity contribution >= 4 is 11.8 Å². The molecule has 0 unspecified atom stereocenters. The molecule has 0 aliphatic rings. The van der Waals surface area contributed by atoms with E-state index < -0.39 is 11.5 Å². The number of H-pyrrole nitrogens is 4. The van der Waals surface area contributed by atoms with E-state index in [1.165, 1.54) is 6.07 Å². The summed E-state index contributed by atoms with van der Waals surface area (Å²) in [7, 11) is 0. The Morgan fingerprint density at radius 3 is 1.48 bits per heavy atom. The number of aromatic nitrogens is 4. The summed E-state index contributed by atoms with van der Waals surface area (Å²) < 4.78 is 0. The molecular formula is C30H36N6O6. The average molecular weight is 577 g/mol. The topological polar surface area (TPSA) is 199 Å². The summed E-state index contributed by atoms with van der Waals surface area (Å²) in [5.41, 5.74) is 8.97. The summed E-state index contributed by atoms with van der Waals surface area (Å²) in [6, 6.07) is 13.5. The maximum absolute atomic E-state index is 11.0. The molecular weight excluding hydrogens is 540 g/mol. The second-order valence-electron chi connectivity index (χ2n) is 8.90. The van der Waals surface area contributed by atoms with Crippen LogP contribution < -0.4 is 28.0 Å². The molecule has 222 valence electrons. The minimum atomic E-state index is -1.20. The van der Waals surface area contributed by atoms with Gasteiger partial charge in [0.15, 0.2) is 0 Å². The highest BCUT2D eigenvalue weighted by molar-refractivity contribution is 5.86. The van der Waals surface area contributed by atoms with Gasteiger partial charge in [0.2, 0.25) is 5.82 Å². The van der Waals surface area contributed by atoms with Crippen LogP contribution in [0.2, 0.25) is 0 Å². The first-order valence-electron chi connectivity index (χ1n) is 13.0. The number of aromatic carboxylic acids is 1. The Balaban J connectivity index is 0.000000281. The predicted octanol–water partition coefficient (Wildman–Crippen LogP) is 3.26. The van der Waals surface area contributed by atoms with Crippen molar-refractivity contribution in [3.8, 4) is 0 Å². The van der Waals surface area contributed by atoms with Crippen LogP contribution in [0, 0.1) is 27.3 Å². The van der Waals surface area contributed by atoms with E-state index >= 15 is 0 Å². The number of aryl methyl sites for hydroxylation is 5. The number of nitrogens with one attached hydrogen (secondary N) is 4. The van der Waals surface area contributed by atoms with E-state index in [2.05, 4.69) is 24.8 Å². The summed E-state index contributed by atoms with van der Waals surface area (Å²) in [5.74, 6) is -0.908. The zero-order valence-corrected chi connectivity index (χ0v) is 24.3. The van der Waals surface area contributed by atoms with Crippen molar-refractivity contribution in [3.05, 3.63) is 141 Å². The third kappa shape index (κ3) is 11.4. The largest absolute Gasteiger partial charge is 0.477 e. The highest BCUT2D eigenvalue weighted by Gasteiger charge is 2.07. The molecule has 0 saturated carbocycles. The molecule has 4 rings (SSSR count). The molecule has 0 radical (unpaired) electrons. The molecule has 0 aliphatic carbocycles. The second kappa shape index (κ2) is 17.4. The van der Waals surface area contributed by atoms with Crippen LogP contribution in [0.15, 0.2) is 67.7 Å². The third-order valence-electron chi connectivity index (χ3n) is 5.73. The summed E-state index contributed by atoms with van der Waals surface area (Å²) >= 11 is 0. The smallest absolute Gasteiger partial charge is 0.341 e. The van der Waals surface area contributed by atoms with Crippen LogP contribution in [0.3, 0.4) is 0 Å². The Kier molecular flexibility index (Phi) is 14.4. The van der Waals surface area contributed by atoms with Gasteiger partial charge < -0.3 is 30.6 Å². The number of carbonyl (C=O) groups is 1. The van der Waals surface area contributed by atoms with Gasteiger partial charge in [-0.25, -0.2) is 9.59 Å². The molecule has 4 aromatic heterocycles. The molecule has 42 heavy (non-hydrogen) atoms. The molecule has 0 aliphatic heterocycles. The minimum absolute atomic E-state index is 0.0272. The normalized spacial score (nSPS) is 9.55. The zero-order valence-electron chi connectivity index (χ0n) is 24.3. The summed E-state index contributed by atoms with van der Waals surface area (Å²) in [5, 5.41) is 8.51. The lowest BCUT2D eigenvalue weighted by Gasteiger charge is -1.96. The fourth-order valence-corrected chi connectivity index (χ4v) is 2.99. The molecule has 4 aromatic rings. The molecule has 7 N–H and O–H groups in total. The lowest BCUT2D eigenvalue weighted by Crippen LogP contribution is -2.18. The number of carboxylic acid groups (broad SMARTS) is 1. The SMILES string of the molecule is CCc1ccc(C(=O)O)c(=O)[nH]1.CCc1ccc(C)c(=O)[nH]1.Cc1ccc(CN)[nH]c1=O.[C-]#[N+]c1ccc(C)c(=O)[nH]1. The number of hydrogen-bond acceptors (Lipinski definition) is 6. The number of nitrogens with two attached hydrogens (primary N) is 1. The molecule has 0 fully saturated rings. The number of carboxylic acids is 1. The highest BCUT2D eigenvalue weighted by Crippen LogP contribution is 2.02. The van der Waals surface area contributed by atoms with Gasteiger partial charge in [-0.3, -0.25) is 19.4 Å². The summed E-state index contributed by atoms with van der Waals surface area (Å²) in [6.07, 6.45) is 1.57. The first-order valence-corrected chi connectivity index (χ1v) is 13.0. The lowest BCUT2D eigenvalue weighted by molar-refractivity contribution is 0.0695. The van der Waals surface area contributed by atoms with Gasteiger partial charge in [0.05, 0.1) is 0 Å². The predicted molar refractivity (Wildman–Crippen MR) is 162 cm³/mol. The molecule has 0 atom stereocenters. The van der Waals surface area contributed by atoms with E-state index in [1.807, 2.05) is 32.0 Å². The zero-order chi connectivity index (χ0) is 31.8. The molecule has 0 spiro atoms. The Hall–Kier alpha value is -5.28. The molecule has 0 saturated heterocycles. The van der Waals surface area contributed by atoms with E-state index in [4.69, 9.17) is 17.4 Å². The van der Waals surface area contributed by atoms with E-state index in [9.17, 15) is 24.0 Å². The maximum Gasteiger partial charge on any atom is 0.341 e. The van der Waals surface area contributed by atoms with E-state index in [0.29, 0.717) is 18.5 Å². The van der Waals surface area contributed by atoms with E-state index in [-0.39, 0.29) is 28.1 Å². The Morgan fingerprint density at radius 2 is 1.10 bits per heavy atom. The number of aromatic amines is 4. The molecule has 12 heteroatoms. The van der Waals surface area contributed by atoms with Crippen LogP contribution in [-0.4, -0.2) is 31.0 Å². The molecule has 0 bridgehead atoms. The third-order valence-corrected chi connectivity index (χ3v) is 5.73. The van der Waals surface area contributed by atoms with Gasteiger partial charge in [-0.05, 0) is 63.9 Å². The van der Waals surface area contributed by atoms with Crippen LogP contribution in [0.5, 0.6) is 0 Å². The molecule has 0 aromatic carbocycles. The molecule has 4 heterocycles. The summed E-state index contributed by atoms with van der Waals surface area (Å²) in [6.45, 7) is 16.1. The van der Waals surface area contributed by atoms with Crippen molar-refractivity contribution in [2.45, 2.75) is 54.0 Å². The second-order valence-corrected chi connectivity index (χ2v) is 8.90. The molecule has 12 nitrogen and oxygen atoms in total. The highest BCUT2D eigenvalue weighted by atomic mass is 16.4. The van der Waals surface area contributed by atoms with E-state index in [0.717, 1.165) is 34.6 Å². The monoisotopic (exact) mass is 576 g/mol. The van der Waals surface area contributed by atoms with Gasteiger partial charge in [0, 0.05) is 40.3 Å². The van der Waals surface area contributed by atoms with Crippen LogP contribution >= 0.6 is 0 Å². The first-order chi connectivity index (χ1) is 19.9. The molecule has 0 amide bonds. The fraction of sp³-hybridized carbons (Fsp3) is 0.267. The Labute approximate surface area is 242 Å². The van der Waals surface area contributed by atoms with Gasteiger partial charge >= 0.3 is 11.5 Å². The number of nitrogens with zero attached hydrogens (tertiary/aromatic N) is 1. The Bertz CT molecular complexity index is 1700. The number of rotatable bonds is 4. The fourth-order valence-electron chi connectivity index (χ4n) is 2.99. The van der Waals surface area contributed by atoms with Crippen molar-refractivity contribution < 1.29 is 9.90 Å². The van der Waals surface area contributed by atoms with Crippen LogP contribution in [0.25, 0.3) is 4.85 Å².